The molecule has 0 saturated carbocycles. The molecule has 11 heteroatoms. The van der Waals surface area contributed by atoms with E-state index in [1.54, 1.807) is 17.2 Å². The van der Waals surface area contributed by atoms with Crippen LogP contribution in [0.3, 0.4) is 0 Å². The van der Waals surface area contributed by atoms with Gasteiger partial charge in [0.2, 0.25) is 12.0 Å². The molecule has 1 aromatic carbocycles. The highest BCUT2D eigenvalue weighted by atomic mass is 35.5. The van der Waals surface area contributed by atoms with Crippen molar-refractivity contribution in [3.8, 4) is 5.88 Å². The number of nitrogens with zero attached hydrogens (tertiary/aromatic N) is 2. The molecule has 32 heavy (non-hydrogen) atoms. The average molecular weight is 474 g/mol. The van der Waals surface area contributed by atoms with Gasteiger partial charge in [-0.25, -0.2) is 9.78 Å². The number of anilines is 1. The molecule has 1 amide bonds. The van der Waals surface area contributed by atoms with Crippen LogP contribution in [0.15, 0.2) is 42.6 Å². The predicted molar refractivity (Wildman–Crippen MR) is 112 cm³/mol. The summed E-state index contributed by atoms with van der Waals surface area (Å²) >= 11 is 5.76. The molecule has 2 aromatic rings. The van der Waals surface area contributed by atoms with E-state index in [-0.39, 0.29) is 24.9 Å². The maximum absolute atomic E-state index is 13.5. The van der Waals surface area contributed by atoms with Gasteiger partial charge >= 0.3 is 12.3 Å². The molecular formula is C21H23ClF3N3O4. The summed E-state index contributed by atoms with van der Waals surface area (Å²) in [5.74, 6) is 0.474. The topological polar surface area (TPSA) is 72.9 Å². The molecule has 0 bridgehead atoms. The highest BCUT2D eigenvalue weighted by Crippen LogP contribution is 2.25. The van der Waals surface area contributed by atoms with Crippen LogP contribution in [-0.2, 0) is 15.9 Å². The van der Waals surface area contributed by atoms with Gasteiger partial charge in [-0.05, 0) is 29.8 Å². The van der Waals surface area contributed by atoms with Crippen molar-refractivity contribution in [2.45, 2.75) is 24.8 Å². The van der Waals surface area contributed by atoms with Crippen molar-refractivity contribution < 1.29 is 32.2 Å². The number of halogens is 4. The number of nitrogens with one attached hydrogen (secondary N) is 1. The Bertz CT molecular complexity index is 881. The second-order valence-corrected chi connectivity index (χ2v) is 7.67. The van der Waals surface area contributed by atoms with Crippen LogP contribution < -0.4 is 10.1 Å². The average Bonchev–Trinajstić information content (AvgIpc) is 2.75. The standard InChI is InChI=1S/C21H23ClF3N3O4/c1-30-19-7-2-14(11-26-19)10-17-12-28(8-9-31-17)13-18(21(23,24)25)32-20(29)27-16-5-3-15(22)4-6-16/h2-7,11,17-18H,8-10,12-13H2,1H3,(H,27,29). The molecule has 1 fully saturated rings. The Labute approximate surface area is 188 Å². The summed E-state index contributed by atoms with van der Waals surface area (Å²) in [7, 11) is 1.51. The minimum atomic E-state index is -4.72. The van der Waals surface area contributed by atoms with Gasteiger partial charge in [0.05, 0.1) is 19.8 Å². The molecule has 0 spiro atoms. The van der Waals surface area contributed by atoms with E-state index in [1.165, 1.54) is 31.4 Å². The molecule has 2 atom stereocenters. The molecule has 0 radical (unpaired) electrons. The van der Waals surface area contributed by atoms with Crippen LogP contribution in [0.2, 0.25) is 5.02 Å². The molecule has 2 heterocycles. The smallest absolute Gasteiger partial charge is 0.426 e. The van der Waals surface area contributed by atoms with Crippen molar-refractivity contribution in [3.63, 3.8) is 0 Å². The number of carbonyl (C=O) groups is 1. The van der Waals surface area contributed by atoms with Crippen molar-refractivity contribution in [2.75, 3.05) is 38.7 Å². The number of ether oxygens (including phenoxy) is 3. The third-order valence-corrected chi connectivity index (χ3v) is 5.07. The molecular weight excluding hydrogens is 451 g/mol. The molecule has 7 nitrogen and oxygen atoms in total. The zero-order valence-corrected chi connectivity index (χ0v) is 18.0. The number of hydrogen-bond acceptors (Lipinski definition) is 6. The molecule has 1 aromatic heterocycles. The van der Waals surface area contributed by atoms with Crippen molar-refractivity contribution in [2.24, 2.45) is 0 Å². The molecule has 174 valence electrons. The summed E-state index contributed by atoms with van der Waals surface area (Å²) in [6.45, 7) is 0.348. The number of methoxy groups -OCH3 is 1. The molecule has 1 N–H and O–H groups in total. The summed E-state index contributed by atoms with van der Waals surface area (Å²) in [4.78, 5) is 17.7. The van der Waals surface area contributed by atoms with Crippen LogP contribution in [0.1, 0.15) is 5.56 Å². The first kappa shape index (κ1) is 24.1. The van der Waals surface area contributed by atoms with E-state index in [1.807, 2.05) is 6.07 Å². The number of morpholine rings is 1. The zero-order valence-electron chi connectivity index (χ0n) is 17.3. The number of benzene rings is 1. The van der Waals surface area contributed by atoms with E-state index in [0.717, 1.165) is 5.56 Å². The minimum absolute atomic E-state index is 0.265. The molecule has 0 aliphatic carbocycles. The van der Waals surface area contributed by atoms with Gasteiger partial charge in [0.1, 0.15) is 0 Å². The lowest BCUT2D eigenvalue weighted by Gasteiger charge is -2.35. The van der Waals surface area contributed by atoms with E-state index < -0.39 is 24.9 Å². The van der Waals surface area contributed by atoms with Gasteiger partial charge < -0.3 is 14.2 Å². The highest BCUT2D eigenvalue weighted by Gasteiger charge is 2.44. The Balaban J connectivity index is 1.56. The lowest BCUT2D eigenvalue weighted by atomic mass is 10.1. The van der Waals surface area contributed by atoms with Crippen LogP contribution in [0.4, 0.5) is 23.7 Å². The monoisotopic (exact) mass is 473 g/mol. The summed E-state index contributed by atoms with van der Waals surface area (Å²) in [6.07, 6.45) is -6.37. The quantitative estimate of drug-likeness (QED) is 0.651. The second kappa shape index (κ2) is 10.8. The van der Waals surface area contributed by atoms with Crippen LogP contribution in [0.25, 0.3) is 0 Å². The summed E-state index contributed by atoms with van der Waals surface area (Å²) < 4.78 is 56.1. The normalized spacial score (nSPS) is 18.1. The third kappa shape index (κ3) is 7.25. The molecule has 1 aliphatic heterocycles. The van der Waals surface area contributed by atoms with Gasteiger partial charge in [0, 0.05) is 49.0 Å². The van der Waals surface area contributed by atoms with Crippen LogP contribution in [0.5, 0.6) is 5.88 Å². The molecule has 2 unspecified atom stereocenters. The van der Waals surface area contributed by atoms with Crippen molar-refractivity contribution in [1.82, 2.24) is 9.88 Å². The molecule has 1 aliphatic rings. The predicted octanol–water partition coefficient (Wildman–Crippen LogP) is 4.17. The van der Waals surface area contributed by atoms with E-state index in [9.17, 15) is 18.0 Å². The van der Waals surface area contributed by atoms with E-state index >= 15 is 0 Å². The number of amides is 1. The van der Waals surface area contributed by atoms with Gasteiger partial charge in [-0.1, -0.05) is 17.7 Å². The Kier molecular flexibility index (Phi) is 8.16. The number of carbonyl (C=O) groups excluding carboxylic acids is 1. The highest BCUT2D eigenvalue weighted by molar-refractivity contribution is 6.30. The fourth-order valence-electron chi connectivity index (χ4n) is 3.24. The minimum Gasteiger partial charge on any atom is -0.481 e. The zero-order chi connectivity index (χ0) is 23.1. The van der Waals surface area contributed by atoms with Crippen LogP contribution in [-0.4, -0.2) is 67.7 Å². The SMILES string of the molecule is COc1ccc(CC2CN(CC(OC(=O)Nc3ccc(Cl)cc3)C(F)(F)F)CCO2)cn1. The lowest BCUT2D eigenvalue weighted by Crippen LogP contribution is -2.50. The summed E-state index contributed by atoms with van der Waals surface area (Å²) in [5.41, 5.74) is 1.16. The van der Waals surface area contributed by atoms with Gasteiger partial charge in [-0.2, -0.15) is 13.2 Å². The van der Waals surface area contributed by atoms with Crippen molar-refractivity contribution in [3.05, 3.63) is 53.2 Å². The Hall–Kier alpha value is -2.56. The number of aromatic nitrogens is 1. The second-order valence-electron chi connectivity index (χ2n) is 7.23. The summed E-state index contributed by atoms with van der Waals surface area (Å²) in [6, 6.07) is 9.48. The fraction of sp³-hybridized carbons (Fsp3) is 0.429. The first-order chi connectivity index (χ1) is 15.2. The maximum Gasteiger partial charge on any atom is 0.426 e. The largest absolute Gasteiger partial charge is 0.481 e. The maximum atomic E-state index is 13.5. The Morgan fingerprint density at radius 3 is 2.69 bits per heavy atom. The number of rotatable bonds is 7. The Morgan fingerprint density at radius 1 is 1.31 bits per heavy atom. The molecule has 1 saturated heterocycles. The van der Waals surface area contributed by atoms with Gasteiger partial charge in [0.15, 0.2) is 0 Å². The Morgan fingerprint density at radius 2 is 2.06 bits per heavy atom. The van der Waals surface area contributed by atoms with Crippen molar-refractivity contribution in [1.29, 1.82) is 0 Å². The molecule has 3 rings (SSSR count). The first-order valence-corrected chi connectivity index (χ1v) is 10.2. The lowest BCUT2D eigenvalue weighted by molar-refractivity contribution is -0.209. The van der Waals surface area contributed by atoms with Crippen LogP contribution >= 0.6 is 11.6 Å². The van der Waals surface area contributed by atoms with E-state index in [0.29, 0.717) is 23.9 Å². The fourth-order valence-corrected chi connectivity index (χ4v) is 3.36. The number of pyridine rings is 1. The van der Waals surface area contributed by atoms with Gasteiger partial charge in [-0.3, -0.25) is 10.2 Å². The number of alkyl halides is 3. The summed E-state index contributed by atoms with van der Waals surface area (Å²) in [5, 5.41) is 2.71. The van der Waals surface area contributed by atoms with Crippen molar-refractivity contribution >= 4 is 23.4 Å². The first-order valence-electron chi connectivity index (χ1n) is 9.85. The van der Waals surface area contributed by atoms with Gasteiger partial charge in [-0.15, -0.1) is 0 Å². The van der Waals surface area contributed by atoms with E-state index in [2.05, 4.69) is 10.3 Å². The van der Waals surface area contributed by atoms with Crippen LogP contribution in [0, 0.1) is 0 Å². The third-order valence-electron chi connectivity index (χ3n) is 4.82. The van der Waals surface area contributed by atoms with Gasteiger partial charge in [0.25, 0.3) is 0 Å². The number of hydrogen-bond donors (Lipinski definition) is 1. The van der Waals surface area contributed by atoms with E-state index in [4.69, 9.17) is 25.8 Å².